The van der Waals surface area contributed by atoms with Gasteiger partial charge in [-0.25, -0.2) is 5.43 Å². The Hall–Kier alpha value is -0.900. The lowest BCUT2D eigenvalue weighted by molar-refractivity contribution is 0.483. The van der Waals surface area contributed by atoms with E-state index in [0.29, 0.717) is 12.1 Å². The molecular weight excluding hydrogens is 174 g/mol. The van der Waals surface area contributed by atoms with Gasteiger partial charge in [-0.05, 0) is 18.9 Å². The third kappa shape index (κ3) is 1.95. The monoisotopic (exact) mass is 191 g/mol. The number of nitrogens with one attached hydrogen (secondary N) is 2. The predicted molar refractivity (Wildman–Crippen MR) is 57.5 cm³/mol. The first kappa shape index (κ1) is 9.65. The SMILES string of the molecule is CC(N)C1CC(c2ccccc2)NN1. The van der Waals surface area contributed by atoms with E-state index in [9.17, 15) is 0 Å². The van der Waals surface area contributed by atoms with Crippen LogP contribution in [0.1, 0.15) is 24.9 Å². The Morgan fingerprint density at radius 2 is 2.00 bits per heavy atom. The summed E-state index contributed by atoms with van der Waals surface area (Å²) in [5.74, 6) is 0. The van der Waals surface area contributed by atoms with Crippen molar-refractivity contribution in [3.05, 3.63) is 35.9 Å². The van der Waals surface area contributed by atoms with Crippen LogP contribution in [0.3, 0.4) is 0 Å². The van der Waals surface area contributed by atoms with Crippen LogP contribution in [0.15, 0.2) is 30.3 Å². The van der Waals surface area contributed by atoms with Gasteiger partial charge >= 0.3 is 0 Å². The fourth-order valence-corrected chi connectivity index (χ4v) is 1.83. The molecule has 76 valence electrons. The molecule has 4 N–H and O–H groups in total. The molecule has 1 saturated heterocycles. The van der Waals surface area contributed by atoms with E-state index in [1.807, 2.05) is 13.0 Å². The standard InChI is InChI=1S/C11H17N3/c1-8(12)10-7-11(14-13-10)9-5-3-2-4-6-9/h2-6,8,10-11,13-14H,7,12H2,1H3. The Bertz CT molecular complexity index is 284. The van der Waals surface area contributed by atoms with Crippen molar-refractivity contribution in [2.24, 2.45) is 5.73 Å². The van der Waals surface area contributed by atoms with Gasteiger partial charge in [-0.15, -0.1) is 0 Å². The molecule has 0 spiro atoms. The van der Waals surface area contributed by atoms with E-state index in [-0.39, 0.29) is 6.04 Å². The topological polar surface area (TPSA) is 50.1 Å². The smallest absolute Gasteiger partial charge is 0.0478 e. The van der Waals surface area contributed by atoms with Gasteiger partial charge in [-0.2, -0.15) is 0 Å². The molecular formula is C11H17N3. The Kier molecular flexibility index (Phi) is 2.82. The third-order valence-electron chi connectivity index (χ3n) is 2.77. The molecule has 0 amide bonds. The third-order valence-corrected chi connectivity index (χ3v) is 2.77. The van der Waals surface area contributed by atoms with Crippen LogP contribution in [0, 0.1) is 0 Å². The quantitative estimate of drug-likeness (QED) is 0.652. The molecule has 14 heavy (non-hydrogen) atoms. The first-order valence-electron chi connectivity index (χ1n) is 5.09. The highest BCUT2D eigenvalue weighted by Gasteiger charge is 2.26. The van der Waals surface area contributed by atoms with Crippen LogP contribution in [0.25, 0.3) is 0 Å². The molecule has 1 aromatic rings. The van der Waals surface area contributed by atoms with Crippen molar-refractivity contribution in [1.29, 1.82) is 0 Å². The second-order valence-corrected chi connectivity index (χ2v) is 3.95. The van der Waals surface area contributed by atoms with Crippen LogP contribution < -0.4 is 16.6 Å². The molecule has 1 fully saturated rings. The van der Waals surface area contributed by atoms with Crippen LogP contribution in [-0.4, -0.2) is 12.1 Å². The largest absolute Gasteiger partial charge is 0.326 e. The summed E-state index contributed by atoms with van der Waals surface area (Å²) in [4.78, 5) is 0. The van der Waals surface area contributed by atoms with Crippen LogP contribution in [0.2, 0.25) is 0 Å². The molecule has 1 heterocycles. The number of hydrogen-bond donors (Lipinski definition) is 3. The zero-order chi connectivity index (χ0) is 9.97. The summed E-state index contributed by atoms with van der Waals surface area (Å²) in [5.41, 5.74) is 13.7. The van der Waals surface area contributed by atoms with Gasteiger partial charge in [0.25, 0.3) is 0 Å². The van der Waals surface area contributed by atoms with E-state index in [2.05, 4.69) is 35.1 Å². The normalized spacial score (nSPS) is 29.0. The minimum atomic E-state index is 0.191. The van der Waals surface area contributed by atoms with Gasteiger partial charge < -0.3 is 5.73 Å². The first-order valence-corrected chi connectivity index (χ1v) is 5.09. The van der Waals surface area contributed by atoms with E-state index < -0.39 is 0 Å². The highest BCUT2D eigenvalue weighted by molar-refractivity contribution is 5.20. The van der Waals surface area contributed by atoms with E-state index in [0.717, 1.165) is 6.42 Å². The first-order chi connectivity index (χ1) is 6.77. The maximum atomic E-state index is 5.84. The van der Waals surface area contributed by atoms with Gasteiger partial charge in [0.05, 0.1) is 0 Å². The van der Waals surface area contributed by atoms with Crippen LogP contribution in [0.5, 0.6) is 0 Å². The molecule has 1 aliphatic heterocycles. The Morgan fingerprint density at radius 1 is 1.29 bits per heavy atom. The molecule has 0 radical (unpaired) electrons. The molecule has 1 aromatic carbocycles. The number of hydrogen-bond acceptors (Lipinski definition) is 3. The van der Waals surface area contributed by atoms with Crippen molar-refractivity contribution in [2.45, 2.75) is 31.5 Å². The van der Waals surface area contributed by atoms with E-state index in [1.165, 1.54) is 5.56 Å². The van der Waals surface area contributed by atoms with Crippen molar-refractivity contribution < 1.29 is 0 Å². The highest BCUT2D eigenvalue weighted by atomic mass is 15.4. The number of rotatable bonds is 2. The van der Waals surface area contributed by atoms with Crippen molar-refractivity contribution in [2.75, 3.05) is 0 Å². The summed E-state index contributed by atoms with van der Waals surface area (Å²) in [6.07, 6.45) is 1.06. The molecule has 0 saturated carbocycles. The molecule has 0 aliphatic carbocycles. The zero-order valence-corrected chi connectivity index (χ0v) is 8.40. The van der Waals surface area contributed by atoms with Crippen LogP contribution in [0.4, 0.5) is 0 Å². The number of benzene rings is 1. The average molecular weight is 191 g/mol. The van der Waals surface area contributed by atoms with E-state index in [1.54, 1.807) is 0 Å². The fourth-order valence-electron chi connectivity index (χ4n) is 1.83. The fraction of sp³-hybridized carbons (Fsp3) is 0.455. The van der Waals surface area contributed by atoms with Crippen LogP contribution >= 0.6 is 0 Å². The highest BCUT2D eigenvalue weighted by Crippen LogP contribution is 2.22. The molecule has 1 aliphatic rings. The van der Waals surface area contributed by atoms with Gasteiger partial charge in [0.15, 0.2) is 0 Å². The molecule has 3 nitrogen and oxygen atoms in total. The second kappa shape index (κ2) is 4.09. The lowest BCUT2D eigenvalue weighted by Gasteiger charge is -2.12. The second-order valence-electron chi connectivity index (χ2n) is 3.95. The van der Waals surface area contributed by atoms with Gasteiger partial charge in [0, 0.05) is 18.1 Å². The summed E-state index contributed by atoms with van der Waals surface area (Å²) in [6.45, 7) is 2.03. The summed E-state index contributed by atoms with van der Waals surface area (Å²) in [5, 5.41) is 0. The number of hydrazine groups is 1. The van der Waals surface area contributed by atoms with Gasteiger partial charge in [-0.3, -0.25) is 5.43 Å². The lowest BCUT2D eigenvalue weighted by Crippen LogP contribution is -2.42. The van der Waals surface area contributed by atoms with Crippen molar-refractivity contribution in [3.63, 3.8) is 0 Å². The minimum absolute atomic E-state index is 0.191. The zero-order valence-electron chi connectivity index (χ0n) is 8.40. The predicted octanol–water partition coefficient (Wildman–Crippen LogP) is 0.941. The minimum Gasteiger partial charge on any atom is -0.326 e. The van der Waals surface area contributed by atoms with E-state index in [4.69, 9.17) is 5.73 Å². The summed E-state index contributed by atoms with van der Waals surface area (Å²) in [7, 11) is 0. The number of nitrogens with two attached hydrogens (primary N) is 1. The molecule has 0 bridgehead atoms. The van der Waals surface area contributed by atoms with Gasteiger partial charge in [-0.1, -0.05) is 30.3 Å². The molecule has 2 rings (SSSR count). The van der Waals surface area contributed by atoms with Crippen LogP contribution in [-0.2, 0) is 0 Å². The average Bonchev–Trinajstić information content (AvgIpc) is 2.68. The lowest BCUT2D eigenvalue weighted by atomic mass is 9.99. The summed E-state index contributed by atoms with van der Waals surface area (Å²) >= 11 is 0. The molecule has 0 aromatic heterocycles. The Labute approximate surface area is 84.7 Å². The van der Waals surface area contributed by atoms with Crippen molar-refractivity contribution in [1.82, 2.24) is 10.9 Å². The van der Waals surface area contributed by atoms with Crippen molar-refractivity contribution >= 4 is 0 Å². The maximum Gasteiger partial charge on any atom is 0.0478 e. The molecule has 3 atom stereocenters. The van der Waals surface area contributed by atoms with Crippen molar-refractivity contribution in [3.8, 4) is 0 Å². The summed E-state index contributed by atoms with van der Waals surface area (Å²) in [6, 6.07) is 11.4. The maximum absolute atomic E-state index is 5.84. The Balaban J connectivity index is 2.03. The molecule has 3 unspecified atom stereocenters. The Morgan fingerprint density at radius 3 is 2.57 bits per heavy atom. The molecule has 3 heteroatoms. The van der Waals surface area contributed by atoms with Gasteiger partial charge in [0.1, 0.15) is 0 Å². The van der Waals surface area contributed by atoms with E-state index >= 15 is 0 Å². The van der Waals surface area contributed by atoms with Gasteiger partial charge in [0.2, 0.25) is 0 Å². The summed E-state index contributed by atoms with van der Waals surface area (Å²) < 4.78 is 0.